The second-order valence-electron chi connectivity index (χ2n) is 8.26. The third kappa shape index (κ3) is 10.7. The molecule has 0 saturated heterocycles. The Balaban J connectivity index is 1.65. The maximum absolute atomic E-state index is 12.4. The van der Waals surface area contributed by atoms with Crippen molar-refractivity contribution >= 4 is 5.97 Å². The lowest BCUT2D eigenvalue weighted by Gasteiger charge is -2.09. The first-order valence-corrected chi connectivity index (χ1v) is 12.4. The zero-order valence-corrected chi connectivity index (χ0v) is 19.9. The van der Waals surface area contributed by atoms with Crippen LogP contribution >= 0.6 is 0 Å². The predicted octanol–water partition coefficient (Wildman–Crippen LogP) is 7.99. The van der Waals surface area contributed by atoms with Crippen LogP contribution in [0.5, 0.6) is 17.2 Å². The largest absolute Gasteiger partial charge is 0.494 e. The van der Waals surface area contributed by atoms with E-state index in [1.165, 1.54) is 57.8 Å². The van der Waals surface area contributed by atoms with E-state index in [9.17, 15) is 4.79 Å². The molecule has 0 unspecified atom stereocenters. The summed E-state index contributed by atoms with van der Waals surface area (Å²) in [6.45, 7) is 5.84. The molecule has 0 atom stereocenters. The summed E-state index contributed by atoms with van der Waals surface area (Å²) < 4.78 is 16.9. The van der Waals surface area contributed by atoms with E-state index in [0.29, 0.717) is 24.5 Å². The molecule has 0 spiro atoms. The lowest BCUT2D eigenvalue weighted by atomic mass is 10.1. The Kier molecular flexibility index (Phi) is 13.0. The number of carbonyl (C=O) groups is 1. The molecule has 2 rings (SSSR count). The predicted molar refractivity (Wildman–Crippen MR) is 131 cm³/mol. The molecule has 0 N–H and O–H groups in total. The number of rotatable bonds is 17. The van der Waals surface area contributed by atoms with Gasteiger partial charge < -0.3 is 14.2 Å². The Morgan fingerprint density at radius 1 is 0.562 bits per heavy atom. The average molecular weight is 441 g/mol. The van der Waals surface area contributed by atoms with Crippen molar-refractivity contribution in [1.82, 2.24) is 0 Å². The molecule has 0 bridgehead atoms. The minimum atomic E-state index is -0.378. The highest BCUT2D eigenvalue weighted by Gasteiger charge is 2.09. The molecule has 2 aromatic carbocycles. The van der Waals surface area contributed by atoms with Crippen LogP contribution in [0.2, 0.25) is 0 Å². The molecule has 2 aromatic rings. The fourth-order valence-corrected chi connectivity index (χ4v) is 3.43. The van der Waals surface area contributed by atoms with Gasteiger partial charge >= 0.3 is 5.97 Å². The summed E-state index contributed by atoms with van der Waals surface area (Å²) >= 11 is 0. The maximum Gasteiger partial charge on any atom is 0.343 e. The molecule has 0 aliphatic heterocycles. The summed E-state index contributed by atoms with van der Waals surface area (Å²) in [6.07, 6.45) is 13.6. The van der Waals surface area contributed by atoms with E-state index in [0.717, 1.165) is 24.3 Å². The second kappa shape index (κ2) is 16.2. The number of carbonyl (C=O) groups excluding carboxylic acids is 1. The third-order valence-electron chi connectivity index (χ3n) is 5.41. The highest BCUT2D eigenvalue weighted by atomic mass is 16.5. The van der Waals surface area contributed by atoms with Crippen LogP contribution in [0.3, 0.4) is 0 Å². The third-order valence-corrected chi connectivity index (χ3v) is 5.41. The number of unbranched alkanes of at least 4 members (excludes halogenated alkanes) is 9. The van der Waals surface area contributed by atoms with Gasteiger partial charge in [-0.1, -0.05) is 71.6 Å². The molecule has 0 aliphatic carbocycles. The molecule has 4 nitrogen and oxygen atoms in total. The zero-order valence-electron chi connectivity index (χ0n) is 19.9. The van der Waals surface area contributed by atoms with E-state index in [2.05, 4.69) is 13.8 Å². The second-order valence-corrected chi connectivity index (χ2v) is 8.26. The highest BCUT2D eigenvalue weighted by molar-refractivity contribution is 5.91. The SMILES string of the molecule is CCCCCCCCCCOc1ccc(C(=O)Oc2ccc(OCCCCC)cc2)cc1. The lowest BCUT2D eigenvalue weighted by Crippen LogP contribution is -2.08. The first kappa shape index (κ1) is 25.8. The van der Waals surface area contributed by atoms with E-state index >= 15 is 0 Å². The van der Waals surface area contributed by atoms with Crippen molar-refractivity contribution in [2.75, 3.05) is 13.2 Å². The van der Waals surface area contributed by atoms with Crippen molar-refractivity contribution in [3.05, 3.63) is 54.1 Å². The van der Waals surface area contributed by atoms with Gasteiger partial charge in [0.1, 0.15) is 17.2 Å². The van der Waals surface area contributed by atoms with Gasteiger partial charge in [0, 0.05) is 0 Å². The standard InChI is InChI=1S/C28H40O4/c1-3-5-7-8-9-10-11-13-23-31-25-16-14-24(15-17-25)28(29)32-27-20-18-26(19-21-27)30-22-12-6-4-2/h14-21H,3-13,22-23H2,1-2H3. The Labute approximate surface area is 194 Å². The van der Waals surface area contributed by atoms with Gasteiger partial charge in [-0.25, -0.2) is 4.79 Å². The van der Waals surface area contributed by atoms with Crippen LogP contribution in [0.25, 0.3) is 0 Å². The van der Waals surface area contributed by atoms with Crippen LogP contribution in [-0.2, 0) is 0 Å². The monoisotopic (exact) mass is 440 g/mol. The molecule has 32 heavy (non-hydrogen) atoms. The first-order valence-electron chi connectivity index (χ1n) is 12.4. The Morgan fingerprint density at radius 3 is 1.53 bits per heavy atom. The van der Waals surface area contributed by atoms with Gasteiger partial charge in [-0.05, 0) is 61.4 Å². The molecule has 0 aliphatic rings. The van der Waals surface area contributed by atoms with E-state index in [1.807, 2.05) is 24.3 Å². The molecular formula is C28H40O4. The van der Waals surface area contributed by atoms with Crippen molar-refractivity contribution in [3.63, 3.8) is 0 Å². The smallest absolute Gasteiger partial charge is 0.343 e. The van der Waals surface area contributed by atoms with Crippen LogP contribution in [0.4, 0.5) is 0 Å². The Bertz CT molecular complexity index is 737. The average Bonchev–Trinajstić information content (AvgIpc) is 2.82. The summed E-state index contributed by atoms with van der Waals surface area (Å²) in [4.78, 5) is 12.4. The van der Waals surface area contributed by atoms with Crippen LogP contribution in [0, 0.1) is 0 Å². The van der Waals surface area contributed by atoms with Crippen molar-refractivity contribution in [3.8, 4) is 17.2 Å². The number of ether oxygens (including phenoxy) is 3. The maximum atomic E-state index is 12.4. The lowest BCUT2D eigenvalue weighted by molar-refractivity contribution is 0.0734. The van der Waals surface area contributed by atoms with Crippen LogP contribution in [0.15, 0.2) is 48.5 Å². The van der Waals surface area contributed by atoms with Gasteiger partial charge in [0.15, 0.2) is 0 Å². The molecule has 0 fully saturated rings. The molecule has 4 heteroatoms. The van der Waals surface area contributed by atoms with Crippen LogP contribution in [0.1, 0.15) is 94.8 Å². The minimum absolute atomic E-state index is 0.378. The van der Waals surface area contributed by atoms with E-state index < -0.39 is 0 Å². The normalized spacial score (nSPS) is 10.7. The van der Waals surface area contributed by atoms with Gasteiger partial charge in [0.25, 0.3) is 0 Å². The molecule has 0 aromatic heterocycles. The minimum Gasteiger partial charge on any atom is -0.494 e. The van der Waals surface area contributed by atoms with Gasteiger partial charge in [-0.15, -0.1) is 0 Å². The molecule has 0 saturated carbocycles. The summed E-state index contributed by atoms with van der Waals surface area (Å²) in [5.41, 5.74) is 0.504. The van der Waals surface area contributed by atoms with E-state index in [1.54, 1.807) is 24.3 Å². The topological polar surface area (TPSA) is 44.8 Å². The summed E-state index contributed by atoms with van der Waals surface area (Å²) in [7, 11) is 0. The van der Waals surface area contributed by atoms with Gasteiger partial charge in [0.05, 0.1) is 18.8 Å². The van der Waals surface area contributed by atoms with Crippen molar-refractivity contribution in [1.29, 1.82) is 0 Å². The van der Waals surface area contributed by atoms with E-state index in [-0.39, 0.29) is 5.97 Å². The Hall–Kier alpha value is -2.49. The van der Waals surface area contributed by atoms with Gasteiger partial charge in [-0.3, -0.25) is 0 Å². The van der Waals surface area contributed by atoms with Gasteiger partial charge in [0.2, 0.25) is 0 Å². The Morgan fingerprint density at radius 2 is 0.969 bits per heavy atom. The van der Waals surface area contributed by atoms with Crippen molar-refractivity contribution < 1.29 is 19.0 Å². The zero-order chi connectivity index (χ0) is 22.9. The van der Waals surface area contributed by atoms with Crippen molar-refractivity contribution in [2.24, 2.45) is 0 Å². The molecule has 0 amide bonds. The number of esters is 1. The van der Waals surface area contributed by atoms with Crippen LogP contribution in [-0.4, -0.2) is 19.2 Å². The summed E-state index contributed by atoms with van der Waals surface area (Å²) in [5.74, 6) is 1.70. The van der Waals surface area contributed by atoms with Gasteiger partial charge in [-0.2, -0.15) is 0 Å². The summed E-state index contributed by atoms with van der Waals surface area (Å²) in [5, 5.41) is 0. The summed E-state index contributed by atoms with van der Waals surface area (Å²) in [6, 6.07) is 14.3. The van der Waals surface area contributed by atoms with E-state index in [4.69, 9.17) is 14.2 Å². The molecule has 176 valence electrons. The highest BCUT2D eigenvalue weighted by Crippen LogP contribution is 2.20. The molecular weight excluding hydrogens is 400 g/mol. The fourth-order valence-electron chi connectivity index (χ4n) is 3.43. The number of hydrogen-bond acceptors (Lipinski definition) is 4. The van der Waals surface area contributed by atoms with Crippen LogP contribution < -0.4 is 14.2 Å². The first-order chi connectivity index (χ1) is 15.7. The molecule has 0 radical (unpaired) electrons. The fraction of sp³-hybridized carbons (Fsp3) is 0.536. The van der Waals surface area contributed by atoms with Crippen molar-refractivity contribution in [2.45, 2.75) is 84.5 Å². The quantitative estimate of drug-likeness (QED) is 0.142. The number of hydrogen-bond donors (Lipinski definition) is 0. The molecule has 0 heterocycles. The number of benzene rings is 2.